The molecule has 2 atom stereocenters. The van der Waals surface area contributed by atoms with E-state index in [0.29, 0.717) is 5.54 Å². The van der Waals surface area contributed by atoms with Crippen LogP contribution in [0.5, 0.6) is 0 Å². The van der Waals surface area contributed by atoms with E-state index in [-0.39, 0.29) is 0 Å². The smallest absolute Gasteiger partial charge is 0.0273 e. The molecule has 0 spiro atoms. The minimum Gasteiger partial charge on any atom is -0.251 e. The second-order valence-electron chi connectivity index (χ2n) is 4.83. The molecule has 1 aliphatic heterocycles. The van der Waals surface area contributed by atoms with Gasteiger partial charge in [-0.05, 0) is 40.0 Å². The van der Waals surface area contributed by atoms with Crippen molar-refractivity contribution in [3.05, 3.63) is 0 Å². The summed E-state index contributed by atoms with van der Waals surface area (Å²) >= 11 is 0. The maximum Gasteiger partial charge on any atom is 0.0273 e. The van der Waals surface area contributed by atoms with Crippen LogP contribution in [0.15, 0.2) is 0 Å². The zero-order valence-corrected chi connectivity index (χ0v) is 7.72. The van der Waals surface area contributed by atoms with Gasteiger partial charge in [-0.3, -0.25) is 5.43 Å². The van der Waals surface area contributed by atoms with Crippen molar-refractivity contribution in [3.63, 3.8) is 0 Å². The molecule has 1 aliphatic carbocycles. The third kappa shape index (κ3) is 1.18. The van der Waals surface area contributed by atoms with E-state index < -0.39 is 0 Å². The fraction of sp³-hybridized carbons (Fsp3) is 1.00. The Morgan fingerprint density at radius 1 is 1.27 bits per heavy atom. The Bertz CT molecular complexity index is 159. The molecule has 1 saturated heterocycles. The summed E-state index contributed by atoms with van der Waals surface area (Å²) in [4.78, 5) is 0. The van der Waals surface area contributed by atoms with Crippen LogP contribution < -0.4 is 5.43 Å². The highest BCUT2D eigenvalue weighted by atomic mass is 15.6. The van der Waals surface area contributed by atoms with Gasteiger partial charge in [-0.1, -0.05) is 0 Å². The second-order valence-corrected chi connectivity index (χ2v) is 4.83. The van der Waals surface area contributed by atoms with Gasteiger partial charge in [0.15, 0.2) is 0 Å². The van der Waals surface area contributed by atoms with Crippen LogP contribution in [0, 0.1) is 0 Å². The quantitative estimate of drug-likeness (QED) is 0.569. The van der Waals surface area contributed by atoms with Gasteiger partial charge in [0.05, 0.1) is 0 Å². The Balaban J connectivity index is 2.08. The van der Waals surface area contributed by atoms with Gasteiger partial charge in [0.1, 0.15) is 0 Å². The number of fused-ring (bicyclic) bond motifs is 2. The number of hydrogen-bond donors (Lipinski definition) is 1. The van der Waals surface area contributed by atoms with Gasteiger partial charge in [0, 0.05) is 17.6 Å². The summed E-state index contributed by atoms with van der Waals surface area (Å²) in [5, 5.41) is 2.45. The lowest BCUT2D eigenvalue weighted by Crippen LogP contribution is -2.53. The zero-order valence-electron chi connectivity index (χ0n) is 7.72. The van der Waals surface area contributed by atoms with Crippen molar-refractivity contribution in [1.82, 2.24) is 10.4 Å². The van der Waals surface area contributed by atoms with Gasteiger partial charge in [0.25, 0.3) is 0 Å². The Morgan fingerprint density at radius 3 is 2.27 bits per heavy atom. The van der Waals surface area contributed by atoms with E-state index in [1.54, 1.807) is 0 Å². The minimum absolute atomic E-state index is 0.305. The lowest BCUT2D eigenvalue weighted by Gasteiger charge is -2.38. The van der Waals surface area contributed by atoms with Crippen LogP contribution in [-0.4, -0.2) is 22.6 Å². The molecule has 1 saturated carbocycles. The van der Waals surface area contributed by atoms with E-state index in [9.17, 15) is 0 Å². The fourth-order valence-electron chi connectivity index (χ4n) is 2.35. The average Bonchev–Trinajstić information content (AvgIpc) is 2.42. The highest BCUT2D eigenvalue weighted by molar-refractivity contribution is 4.96. The molecule has 0 aromatic carbocycles. The zero-order chi connectivity index (χ0) is 8.06. The van der Waals surface area contributed by atoms with Crippen molar-refractivity contribution < 1.29 is 0 Å². The first-order valence-electron chi connectivity index (χ1n) is 4.63. The molecule has 64 valence electrons. The summed E-state index contributed by atoms with van der Waals surface area (Å²) in [6, 6.07) is 1.61. The number of nitrogens with zero attached hydrogens (tertiary/aromatic N) is 1. The molecule has 11 heavy (non-hydrogen) atoms. The molecular weight excluding hydrogens is 136 g/mol. The molecule has 0 aromatic heterocycles. The molecule has 0 amide bonds. The fourth-order valence-corrected chi connectivity index (χ4v) is 2.35. The third-order valence-electron chi connectivity index (χ3n) is 2.81. The topological polar surface area (TPSA) is 15.3 Å². The van der Waals surface area contributed by atoms with Crippen molar-refractivity contribution in [3.8, 4) is 0 Å². The Hall–Kier alpha value is -0.0800. The Kier molecular flexibility index (Phi) is 1.52. The van der Waals surface area contributed by atoms with Crippen LogP contribution in [-0.2, 0) is 0 Å². The molecule has 2 aliphatic rings. The first kappa shape index (κ1) is 7.56. The largest absolute Gasteiger partial charge is 0.251 e. The molecule has 1 N–H and O–H groups in total. The molecule has 2 heteroatoms. The van der Waals surface area contributed by atoms with E-state index in [4.69, 9.17) is 0 Å². The van der Waals surface area contributed by atoms with Crippen molar-refractivity contribution in [2.24, 2.45) is 0 Å². The van der Waals surface area contributed by atoms with Crippen LogP contribution in [0.4, 0.5) is 0 Å². The lowest BCUT2D eigenvalue weighted by atomic mass is 10.1. The van der Waals surface area contributed by atoms with E-state index in [1.165, 1.54) is 19.3 Å². The lowest BCUT2D eigenvalue weighted by molar-refractivity contribution is 0.0413. The molecule has 2 fully saturated rings. The highest BCUT2D eigenvalue weighted by Gasteiger charge is 2.42. The van der Waals surface area contributed by atoms with E-state index >= 15 is 0 Å². The number of hydrazine groups is 1. The van der Waals surface area contributed by atoms with Crippen LogP contribution in [0.1, 0.15) is 40.0 Å². The molecular formula is C9H18N2. The van der Waals surface area contributed by atoms with E-state index in [2.05, 4.69) is 31.2 Å². The number of hydrogen-bond acceptors (Lipinski definition) is 2. The highest BCUT2D eigenvalue weighted by Crippen LogP contribution is 2.34. The van der Waals surface area contributed by atoms with Crippen LogP contribution >= 0.6 is 0 Å². The number of nitrogens with one attached hydrogen (secondary N) is 1. The van der Waals surface area contributed by atoms with Gasteiger partial charge in [-0.2, -0.15) is 0 Å². The maximum absolute atomic E-state index is 3.56. The molecule has 0 radical (unpaired) electrons. The summed E-state index contributed by atoms with van der Waals surface area (Å²) in [6.07, 6.45) is 4.16. The molecule has 2 nitrogen and oxygen atoms in total. The Morgan fingerprint density at radius 2 is 2.00 bits per heavy atom. The SMILES string of the molecule is CC(C)(C)N1NC2CCC1C2. The third-order valence-corrected chi connectivity index (χ3v) is 2.81. The summed E-state index contributed by atoms with van der Waals surface area (Å²) in [6.45, 7) is 6.84. The van der Waals surface area contributed by atoms with Crippen molar-refractivity contribution in [2.75, 3.05) is 0 Å². The average molecular weight is 154 g/mol. The van der Waals surface area contributed by atoms with Crippen molar-refractivity contribution >= 4 is 0 Å². The van der Waals surface area contributed by atoms with Crippen LogP contribution in [0.2, 0.25) is 0 Å². The first-order chi connectivity index (χ1) is 5.07. The molecule has 2 unspecified atom stereocenters. The predicted octanol–water partition coefficient (Wildman–Crippen LogP) is 1.53. The molecule has 2 bridgehead atoms. The van der Waals surface area contributed by atoms with Crippen LogP contribution in [0.25, 0.3) is 0 Å². The summed E-state index contributed by atoms with van der Waals surface area (Å²) in [7, 11) is 0. The number of rotatable bonds is 0. The van der Waals surface area contributed by atoms with E-state index in [0.717, 1.165) is 12.1 Å². The van der Waals surface area contributed by atoms with Crippen molar-refractivity contribution in [1.29, 1.82) is 0 Å². The van der Waals surface area contributed by atoms with Gasteiger partial charge >= 0.3 is 0 Å². The molecule has 2 rings (SSSR count). The van der Waals surface area contributed by atoms with Gasteiger partial charge < -0.3 is 0 Å². The van der Waals surface area contributed by atoms with Gasteiger partial charge in [-0.25, -0.2) is 5.01 Å². The summed E-state index contributed by atoms with van der Waals surface area (Å²) in [5.74, 6) is 0. The van der Waals surface area contributed by atoms with Gasteiger partial charge in [0.2, 0.25) is 0 Å². The first-order valence-corrected chi connectivity index (χ1v) is 4.63. The minimum atomic E-state index is 0.305. The van der Waals surface area contributed by atoms with Crippen LogP contribution in [0.3, 0.4) is 0 Å². The molecule has 0 aromatic rings. The summed E-state index contributed by atoms with van der Waals surface area (Å²) < 4.78 is 0. The predicted molar refractivity (Wildman–Crippen MR) is 46.2 cm³/mol. The Labute approximate surface area is 68.9 Å². The molecule has 1 heterocycles. The maximum atomic E-state index is 3.56. The monoisotopic (exact) mass is 154 g/mol. The summed E-state index contributed by atoms with van der Waals surface area (Å²) in [5.41, 5.74) is 3.87. The van der Waals surface area contributed by atoms with Gasteiger partial charge in [-0.15, -0.1) is 0 Å². The second kappa shape index (κ2) is 2.20. The normalized spacial score (nSPS) is 38.5. The van der Waals surface area contributed by atoms with Crippen molar-refractivity contribution in [2.45, 2.75) is 57.7 Å². The standard InChI is InChI=1S/C9H18N2/c1-9(2,3)11-8-5-4-7(6-8)10-11/h7-8,10H,4-6H2,1-3H3. The van der Waals surface area contributed by atoms with E-state index in [1.807, 2.05) is 0 Å².